The fourth-order valence-electron chi connectivity index (χ4n) is 2.97. The van der Waals surface area contributed by atoms with E-state index >= 15 is 0 Å². The molecule has 0 fully saturated rings. The first-order chi connectivity index (χ1) is 15.7. The highest BCUT2D eigenvalue weighted by Crippen LogP contribution is 2.33. The largest absolute Gasteiger partial charge is 0.416 e. The second-order valence-electron chi connectivity index (χ2n) is 6.87. The number of hydrogen-bond acceptors (Lipinski definition) is 5. The number of carbonyl (C=O) groups is 1. The van der Waals surface area contributed by atoms with E-state index in [1.54, 1.807) is 30.3 Å². The first-order valence-corrected chi connectivity index (χ1v) is 10.7. The summed E-state index contributed by atoms with van der Waals surface area (Å²) >= 11 is 7.15. The van der Waals surface area contributed by atoms with Crippen molar-refractivity contribution in [2.24, 2.45) is 0 Å². The molecule has 0 aliphatic heterocycles. The molecule has 0 saturated heterocycles. The van der Waals surface area contributed by atoms with E-state index in [2.05, 4.69) is 15.4 Å². The molecule has 2 aromatic heterocycles. The molecule has 2 aromatic carbocycles. The van der Waals surface area contributed by atoms with Crippen LogP contribution in [0.15, 0.2) is 71.7 Å². The third-order valence-corrected chi connectivity index (χ3v) is 5.83. The van der Waals surface area contributed by atoms with Crippen molar-refractivity contribution in [1.82, 2.24) is 14.8 Å². The molecule has 1 amide bonds. The quantitative estimate of drug-likeness (QED) is 0.417. The van der Waals surface area contributed by atoms with Gasteiger partial charge in [0.15, 0.2) is 5.13 Å². The fourth-order valence-corrected chi connectivity index (χ4v) is 3.98. The van der Waals surface area contributed by atoms with Gasteiger partial charge < -0.3 is 0 Å². The molecule has 11 heteroatoms. The van der Waals surface area contributed by atoms with Crippen molar-refractivity contribution in [3.63, 3.8) is 0 Å². The van der Waals surface area contributed by atoms with Gasteiger partial charge in [-0.25, -0.2) is 4.98 Å². The van der Waals surface area contributed by atoms with Crippen molar-refractivity contribution >= 4 is 34.0 Å². The van der Waals surface area contributed by atoms with Crippen LogP contribution in [0, 0.1) is 0 Å². The van der Waals surface area contributed by atoms with Gasteiger partial charge >= 0.3 is 6.18 Å². The molecule has 0 bridgehead atoms. The topological polar surface area (TPSA) is 76.9 Å². The molecule has 33 heavy (non-hydrogen) atoms. The Balaban J connectivity index is 1.51. The van der Waals surface area contributed by atoms with E-state index in [-0.39, 0.29) is 22.3 Å². The van der Waals surface area contributed by atoms with Crippen molar-refractivity contribution in [2.45, 2.75) is 12.6 Å². The number of hydrogen-bond donors (Lipinski definition) is 1. The van der Waals surface area contributed by atoms with Gasteiger partial charge in [-0.3, -0.25) is 14.9 Å². The fraction of sp³-hybridized carbons (Fsp3) is 0.0909. The lowest BCUT2D eigenvalue weighted by Crippen LogP contribution is -2.24. The molecule has 168 valence electrons. The zero-order valence-electron chi connectivity index (χ0n) is 16.6. The molecule has 0 spiro atoms. The Morgan fingerprint density at radius 1 is 1.09 bits per heavy atom. The third-order valence-electron chi connectivity index (χ3n) is 4.55. The van der Waals surface area contributed by atoms with E-state index in [4.69, 9.17) is 11.6 Å². The van der Waals surface area contributed by atoms with E-state index in [1.165, 1.54) is 24.4 Å². The Kier molecular flexibility index (Phi) is 6.30. The lowest BCUT2D eigenvalue weighted by molar-refractivity contribution is -0.137. The van der Waals surface area contributed by atoms with E-state index in [9.17, 15) is 22.8 Å². The highest BCUT2D eigenvalue weighted by Gasteiger charge is 2.31. The average molecular weight is 491 g/mol. The maximum absolute atomic E-state index is 13.0. The summed E-state index contributed by atoms with van der Waals surface area (Å²) in [4.78, 5) is 29.4. The van der Waals surface area contributed by atoms with E-state index in [0.29, 0.717) is 16.1 Å². The minimum Gasteiger partial charge on any atom is -0.296 e. The number of carbonyl (C=O) groups excluding carboxylic acids is 1. The van der Waals surface area contributed by atoms with E-state index in [0.717, 1.165) is 28.2 Å². The van der Waals surface area contributed by atoms with Crippen molar-refractivity contribution in [1.29, 1.82) is 0 Å². The number of aromatic nitrogens is 3. The van der Waals surface area contributed by atoms with Crippen LogP contribution in [0.3, 0.4) is 0 Å². The number of rotatable bonds is 5. The van der Waals surface area contributed by atoms with E-state index in [1.807, 2.05) is 0 Å². The van der Waals surface area contributed by atoms with Crippen LogP contribution < -0.4 is 10.9 Å². The lowest BCUT2D eigenvalue weighted by atomic mass is 10.1. The minimum absolute atomic E-state index is 0.00359. The van der Waals surface area contributed by atoms with Crippen LogP contribution in [-0.2, 0) is 12.6 Å². The number of nitrogens with zero attached hydrogens (tertiary/aromatic N) is 3. The standard InChI is InChI=1S/C22H14ClF3N4O2S/c23-17-7-6-14(22(24,25)26)10-13(17)11-16-12-27-21(33-16)28-20(32)18-8-9-19(31)30(29-18)15-4-2-1-3-5-15/h1-10,12H,11H2,(H,27,28,32). The number of amides is 1. The van der Waals surface area contributed by atoms with Crippen LogP contribution in [-0.4, -0.2) is 20.7 Å². The zero-order valence-corrected chi connectivity index (χ0v) is 18.2. The molecule has 0 aliphatic carbocycles. The third kappa shape index (κ3) is 5.29. The van der Waals surface area contributed by atoms with Gasteiger partial charge in [-0.05, 0) is 42.0 Å². The van der Waals surface area contributed by atoms with Gasteiger partial charge in [-0.1, -0.05) is 29.8 Å². The van der Waals surface area contributed by atoms with Crippen molar-refractivity contribution < 1.29 is 18.0 Å². The molecular formula is C22H14ClF3N4O2S. The van der Waals surface area contributed by atoms with Crippen molar-refractivity contribution in [2.75, 3.05) is 5.32 Å². The van der Waals surface area contributed by atoms with Gasteiger partial charge in [0.2, 0.25) is 0 Å². The summed E-state index contributed by atoms with van der Waals surface area (Å²) in [6.45, 7) is 0. The number of anilines is 1. The number of thiazole rings is 1. The molecule has 0 aliphatic rings. The number of alkyl halides is 3. The molecule has 4 aromatic rings. The summed E-state index contributed by atoms with van der Waals surface area (Å²) < 4.78 is 40.1. The van der Waals surface area contributed by atoms with Gasteiger partial charge in [0.05, 0.1) is 11.3 Å². The molecule has 4 rings (SSSR count). The zero-order chi connectivity index (χ0) is 23.6. The summed E-state index contributed by atoms with van der Waals surface area (Å²) in [5.41, 5.74) is -0.390. The lowest BCUT2D eigenvalue weighted by Gasteiger charge is -2.09. The Bertz CT molecular complexity index is 1370. The van der Waals surface area contributed by atoms with Crippen LogP contribution in [0.25, 0.3) is 5.69 Å². The molecule has 0 unspecified atom stereocenters. The van der Waals surface area contributed by atoms with Crippen LogP contribution in [0.1, 0.15) is 26.5 Å². The van der Waals surface area contributed by atoms with E-state index < -0.39 is 23.2 Å². The smallest absolute Gasteiger partial charge is 0.296 e. The van der Waals surface area contributed by atoms with Crippen LogP contribution >= 0.6 is 22.9 Å². The van der Waals surface area contributed by atoms with Crippen LogP contribution in [0.5, 0.6) is 0 Å². The molecule has 0 atom stereocenters. The highest BCUT2D eigenvalue weighted by atomic mass is 35.5. The summed E-state index contributed by atoms with van der Waals surface area (Å²) in [6.07, 6.45) is -2.90. The molecule has 2 heterocycles. The van der Waals surface area contributed by atoms with Crippen LogP contribution in [0.2, 0.25) is 5.02 Å². The second kappa shape index (κ2) is 9.16. The Hall–Kier alpha value is -3.50. The SMILES string of the molecule is O=C(Nc1ncc(Cc2cc(C(F)(F)F)ccc2Cl)s1)c1ccc(=O)n(-c2ccccc2)n1. The first-order valence-electron chi connectivity index (χ1n) is 9.48. The predicted octanol–water partition coefficient (Wildman–Crippen LogP) is 5.20. The summed E-state index contributed by atoms with van der Waals surface area (Å²) in [5, 5.41) is 7.13. The Labute approximate surface area is 194 Å². The monoisotopic (exact) mass is 490 g/mol. The Morgan fingerprint density at radius 3 is 2.58 bits per heavy atom. The van der Waals surface area contributed by atoms with Crippen molar-refractivity contribution in [3.8, 4) is 5.69 Å². The van der Waals surface area contributed by atoms with Gasteiger partial charge in [-0.15, -0.1) is 11.3 Å². The first kappa shape index (κ1) is 22.7. The highest BCUT2D eigenvalue weighted by molar-refractivity contribution is 7.15. The predicted molar refractivity (Wildman–Crippen MR) is 119 cm³/mol. The number of halogens is 4. The number of para-hydroxylation sites is 1. The van der Waals surface area contributed by atoms with Gasteiger partial charge in [-0.2, -0.15) is 23.0 Å². The summed E-state index contributed by atoms with van der Waals surface area (Å²) in [5.74, 6) is -0.585. The molecule has 6 nitrogen and oxygen atoms in total. The molecular weight excluding hydrogens is 477 g/mol. The minimum atomic E-state index is -4.48. The average Bonchev–Trinajstić information content (AvgIpc) is 3.22. The molecule has 0 saturated carbocycles. The molecule has 0 radical (unpaired) electrons. The summed E-state index contributed by atoms with van der Waals surface area (Å²) in [7, 11) is 0. The van der Waals surface area contributed by atoms with Crippen molar-refractivity contribution in [3.05, 3.63) is 104 Å². The Morgan fingerprint density at radius 2 is 1.85 bits per heavy atom. The normalized spacial score (nSPS) is 11.4. The summed E-state index contributed by atoms with van der Waals surface area (Å²) in [6, 6.07) is 14.3. The maximum Gasteiger partial charge on any atom is 0.416 e. The van der Waals surface area contributed by atoms with Crippen LogP contribution in [0.4, 0.5) is 18.3 Å². The van der Waals surface area contributed by atoms with Gasteiger partial charge in [0.25, 0.3) is 11.5 Å². The van der Waals surface area contributed by atoms with Gasteiger partial charge in [0, 0.05) is 28.6 Å². The number of nitrogens with one attached hydrogen (secondary N) is 1. The van der Waals surface area contributed by atoms with Gasteiger partial charge in [0.1, 0.15) is 5.69 Å². The molecule has 1 N–H and O–H groups in total. The second-order valence-corrected chi connectivity index (χ2v) is 8.39. The maximum atomic E-state index is 13.0. The number of benzene rings is 2.